The van der Waals surface area contributed by atoms with Gasteiger partial charge in [0.2, 0.25) is 5.95 Å². The van der Waals surface area contributed by atoms with Crippen LogP contribution in [0.15, 0.2) is 41.5 Å². The van der Waals surface area contributed by atoms with Gasteiger partial charge in [-0.15, -0.1) is 0 Å². The summed E-state index contributed by atoms with van der Waals surface area (Å²) >= 11 is 0. The first-order valence-corrected chi connectivity index (χ1v) is 8.91. The minimum atomic E-state index is -0.757. The maximum Gasteiger partial charge on any atom is 0.309 e. The van der Waals surface area contributed by atoms with Crippen LogP contribution >= 0.6 is 0 Å². The van der Waals surface area contributed by atoms with Crippen molar-refractivity contribution in [3.05, 3.63) is 42.6 Å². The molecule has 26 heavy (non-hydrogen) atoms. The van der Waals surface area contributed by atoms with Gasteiger partial charge in [0.25, 0.3) is 0 Å². The molecule has 8 nitrogen and oxygen atoms in total. The largest absolute Gasteiger partial charge is 0.481 e. The smallest absolute Gasteiger partial charge is 0.309 e. The molecule has 0 saturated carbocycles. The second kappa shape index (κ2) is 7.43. The summed E-state index contributed by atoms with van der Waals surface area (Å²) in [5, 5.41) is 9.63. The van der Waals surface area contributed by atoms with Crippen molar-refractivity contribution in [1.29, 1.82) is 0 Å². The van der Waals surface area contributed by atoms with Crippen LogP contribution in [0.1, 0.15) is 5.56 Å². The molecule has 138 valence electrons. The van der Waals surface area contributed by atoms with Gasteiger partial charge in [0.05, 0.1) is 18.4 Å². The van der Waals surface area contributed by atoms with Crippen LogP contribution in [-0.2, 0) is 11.3 Å². The first kappa shape index (κ1) is 17.0. The monoisotopic (exact) mass is 357 g/mol. The van der Waals surface area contributed by atoms with Gasteiger partial charge in [-0.05, 0) is 12.1 Å². The highest BCUT2D eigenvalue weighted by Gasteiger charge is 2.37. The molecule has 2 aliphatic heterocycles. The second-order valence-corrected chi connectivity index (χ2v) is 7.00. The Morgan fingerprint density at radius 3 is 2.77 bits per heavy atom. The van der Waals surface area contributed by atoms with Crippen LogP contribution in [0, 0.1) is 5.92 Å². The molecule has 0 bridgehead atoms. The zero-order valence-corrected chi connectivity index (χ0v) is 14.6. The van der Waals surface area contributed by atoms with E-state index in [0.29, 0.717) is 19.0 Å². The summed E-state index contributed by atoms with van der Waals surface area (Å²) in [5.41, 5.74) is 1.17. The molecule has 8 heteroatoms. The van der Waals surface area contributed by atoms with Gasteiger partial charge in [0.1, 0.15) is 0 Å². The molecule has 2 fully saturated rings. The number of anilines is 1. The number of carbonyl (C=O) groups is 1. The SMILES string of the molecule is O=C(O)[C@H]1CN(c2ncccn2)C[C@H]2CN(Cc3ccoc3)CCN2C1. The Bertz CT molecular complexity index is 724. The molecule has 0 aliphatic carbocycles. The third-order valence-corrected chi connectivity index (χ3v) is 5.19. The summed E-state index contributed by atoms with van der Waals surface area (Å²) in [5.74, 6) is -0.593. The normalized spacial score (nSPS) is 24.8. The molecule has 2 aromatic rings. The molecule has 2 saturated heterocycles. The Morgan fingerprint density at radius 2 is 2.04 bits per heavy atom. The van der Waals surface area contributed by atoms with Crippen LogP contribution in [0.25, 0.3) is 0 Å². The first-order chi connectivity index (χ1) is 12.7. The number of rotatable bonds is 4. The van der Waals surface area contributed by atoms with Gasteiger partial charge in [-0.2, -0.15) is 0 Å². The van der Waals surface area contributed by atoms with Crippen molar-refractivity contribution >= 4 is 11.9 Å². The number of hydrogen-bond acceptors (Lipinski definition) is 7. The lowest BCUT2D eigenvalue weighted by atomic mass is 10.1. The van der Waals surface area contributed by atoms with Crippen molar-refractivity contribution in [3.8, 4) is 0 Å². The van der Waals surface area contributed by atoms with Crippen molar-refractivity contribution in [2.45, 2.75) is 12.6 Å². The maximum atomic E-state index is 11.7. The second-order valence-electron chi connectivity index (χ2n) is 7.00. The maximum absolute atomic E-state index is 11.7. The molecule has 0 aromatic carbocycles. The summed E-state index contributed by atoms with van der Waals surface area (Å²) < 4.78 is 5.17. The van der Waals surface area contributed by atoms with Gasteiger partial charge in [-0.25, -0.2) is 9.97 Å². The van der Waals surface area contributed by atoms with Gasteiger partial charge in [-0.1, -0.05) is 0 Å². The molecule has 1 N–H and O–H groups in total. The minimum Gasteiger partial charge on any atom is -0.481 e. The van der Waals surface area contributed by atoms with E-state index in [0.717, 1.165) is 32.7 Å². The lowest BCUT2D eigenvalue weighted by Gasteiger charge is -2.41. The zero-order valence-electron chi connectivity index (χ0n) is 14.6. The number of fused-ring (bicyclic) bond motifs is 1. The van der Waals surface area contributed by atoms with Gasteiger partial charge in [0, 0.05) is 69.8 Å². The molecule has 0 spiro atoms. The molecule has 2 aliphatic rings. The minimum absolute atomic E-state index is 0.254. The molecule has 2 aromatic heterocycles. The average Bonchev–Trinajstić information content (AvgIpc) is 3.07. The standard InChI is InChI=1S/C18H23N5O3/c24-17(25)15-9-22-6-5-21(8-14-2-7-26-13-14)11-16(22)12-23(10-15)18-19-3-1-4-20-18/h1-4,7,13,15-16H,5-6,8-12H2,(H,24,25)/t15-,16-/m1/s1. The van der Waals surface area contributed by atoms with Crippen LogP contribution in [-0.4, -0.2) is 76.2 Å². The molecule has 4 rings (SSSR count). The van der Waals surface area contributed by atoms with Crippen molar-refractivity contribution in [2.75, 3.05) is 44.2 Å². The summed E-state index contributed by atoms with van der Waals surface area (Å²) in [6, 6.07) is 4.02. The number of aliphatic carboxylic acids is 1. The average molecular weight is 357 g/mol. The van der Waals surface area contributed by atoms with E-state index in [9.17, 15) is 9.90 Å². The Hall–Kier alpha value is -2.45. The van der Waals surface area contributed by atoms with Crippen molar-refractivity contribution in [2.24, 2.45) is 5.92 Å². The van der Waals surface area contributed by atoms with Crippen LogP contribution in [0.5, 0.6) is 0 Å². The summed E-state index contributed by atoms with van der Waals surface area (Å²) in [6.07, 6.45) is 6.88. The predicted octanol–water partition coefficient (Wildman–Crippen LogP) is 0.777. The van der Waals surface area contributed by atoms with Crippen LogP contribution in [0.2, 0.25) is 0 Å². The number of carboxylic acid groups (broad SMARTS) is 1. The van der Waals surface area contributed by atoms with Crippen molar-refractivity contribution in [1.82, 2.24) is 19.8 Å². The Labute approximate surface area is 152 Å². The topological polar surface area (TPSA) is 85.9 Å². The highest BCUT2D eigenvalue weighted by molar-refractivity contribution is 5.71. The Kier molecular flexibility index (Phi) is 4.85. The third kappa shape index (κ3) is 3.71. The van der Waals surface area contributed by atoms with Crippen LogP contribution in [0.3, 0.4) is 0 Å². The Morgan fingerprint density at radius 1 is 1.19 bits per heavy atom. The Balaban J connectivity index is 1.51. The summed E-state index contributed by atoms with van der Waals surface area (Å²) in [6.45, 7) is 5.28. The molecule has 0 radical (unpaired) electrons. The number of hydrogen-bond donors (Lipinski definition) is 1. The van der Waals surface area contributed by atoms with E-state index in [2.05, 4.69) is 19.8 Å². The molecule has 0 amide bonds. The summed E-state index contributed by atoms with van der Waals surface area (Å²) in [7, 11) is 0. The zero-order chi connectivity index (χ0) is 17.9. The van der Waals surface area contributed by atoms with E-state index < -0.39 is 11.9 Å². The first-order valence-electron chi connectivity index (χ1n) is 8.91. The number of nitrogens with zero attached hydrogens (tertiary/aromatic N) is 5. The van der Waals surface area contributed by atoms with Gasteiger partial charge in [0.15, 0.2) is 0 Å². The van der Waals surface area contributed by atoms with E-state index >= 15 is 0 Å². The van der Waals surface area contributed by atoms with Gasteiger partial charge >= 0.3 is 5.97 Å². The number of piperazine rings is 1. The van der Waals surface area contributed by atoms with E-state index in [4.69, 9.17) is 4.42 Å². The quantitative estimate of drug-likeness (QED) is 0.859. The van der Waals surface area contributed by atoms with E-state index in [1.165, 1.54) is 5.56 Å². The fraction of sp³-hybridized carbons (Fsp3) is 0.500. The van der Waals surface area contributed by atoms with Crippen LogP contribution in [0.4, 0.5) is 5.95 Å². The molecular weight excluding hydrogens is 334 g/mol. The van der Waals surface area contributed by atoms with Crippen molar-refractivity contribution < 1.29 is 14.3 Å². The van der Waals surface area contributed by atoms with E-state index in [1.54, 1.807) is 31.0 Å². The number of aromatic nitrogens is 2. The molecule has 4 heterocycles. The number of furan rings is 1. The van der Waals surface area contributed by atoms with Gasteiger partial charge < -0.3 is 14.4 Å². The lowest BCUT2D eigenvalue weighted by Crippen LogP contribution is -2.55. The van der Waals surface area contributed by atoms with E-state index in [1.807, 2.05) is 11.0 Å². The van der Waals surface area contributed by atoms with Crippen LogP contribution < -0.4 is 4.90 Å². The highest BCUT2D eigenvalue weighted by atomic mass is 16.4. The fourth-order valence-corrected chi connectivity index (χ4v) is 3.87. The molecule has 2 atom stereocenters. The van der Waals surface area contributed by atoms with Crippen molar-refractivity contribution in [3.63, 3.8) is 0 Å². The highest BCUT2D eigenvalue weighted by Crippen LogP contribution is 2.22. The third-order valence-electron chi connectivity index (χ3n) is 5.19. The molecular formula is C18H23N5O3. The van der Waals surface area contributed by atoms with E-state index in [-0.39, 0.29) is 6.04 Å². The molecule has 0 unspecified atom stereocenters. The van der Waals surface area contributed by atoms with Gasteiger partial charge in [-0.3, -0.25) is 14.6 Å². The fourth-order valence-electron chi connectivity index (χ4n) is 3.87. The predicted molar refractivity (Wildman–Crippen MR) is 94.7 cm³/mol. The summed E-state index contributed by atoms with van der Waals surface area (Å²) in [4.78, 5) is 27.1. The lowest BCUT2D eigenvalue weighted by molar-refractivity contribution is -0.142. The number of carboxylic acids is 1.